The predicted molar refractivity (Wildman–Crippen MR) is 118 cm³/mol. The second kappa shape index (κ2) is 9.92. The maximum absolute atomic E-state index is 13.1. The van der Waals surface area contributed by atoms with Crippen LogP contribution in [-0.4, -0.2) is 72.6 Å². The Balaban J connectivity index is 1.45. The molecule has 4 rings (SSSR count). The Labute approximate surface area is 192 Å². The number of carbonyl (C=O) groups excluding carboxylic acids is 2. The van der Waals surface area contributed by atoms with E-state index >= 15 is 0 Å². The predicted octanol–water partition coefficient (Wildman–Crippen LogP) is 3.19. The lowest BCUT2D eigenvalue weighted by molar-refractivity contribution is -0.139. The van der Waals surface area contributed by atoms with Gasteiger partial charge in [-0.2, -0.15) is 0 Å². The summed E-state index contributed by atoms with van der Waals surface area (Å²) in [5.74, 6) is 1.20. The molecular weight excluding hydrogens is 434 g/mol. The van der Waals surface area contributed by atoms with Crippen LogP contribution in [0.15, 0.2) is 35.1 Å². The summed E-state index contributed by atoms with van der Waals surface area (Å²) in [5, 5.41) is 0.643. The van der Waals surface area contributed by atoms with E-state index in [0.29, 0.717) is 87.5 Å². The van der Waals surface area contributed by atoms with Crippen LogP contribution in [0.4, 0.5) is 0 Å². The number of amides is 2. The lowest BCUT2D eigenvalue weighted by Gasteiger charge is -2.42. The Morgan fingerprint density at radius 3 is 2.41 bits per heavy atom. The molecule has 0 bridgehead atoms. The number of benzene rings is 1. The van der Waals surface area contributed by atoms with Crippen LogP contribution in [0.5, 0.6) is 5.75 Å². The number of likely N-dealkylation sites (tertiary alicyclic amines) is 1. The van der Waals surface area contributed by atoms with Gasteiger partial charge in [-0.15, -0.1) is 0 Å². The fraction of sp³-hybridized carbons (Fsp3) is 0.522. The van der Waals surface area contributed by atoms with Gasteiger partial charge in [0.15, 0.2) is 12.1 Å². The highest BCUT2D eigenvalue weighted by Crippen LogP contribution is 2.37. The van der Waals surface area contributed by atoms with Gasteiger partial charge in [0.25, 0.3) is 5.91 Å². The van der Waals surface area contributed by atoms with Crippen LogP contribution >= 0.6 is 11.6 Å². The van der Waals surface area contributed by atoms with Crippen LogP contribution in [-0.2, 0) is 9.53 Å². The van der Waals surface area contributed by atoms with Gasteiger partial charge in [0, 0.05) is 43.0 Å². The summed E-state index contributed by atoms with van der Waals surface area (Å²) in [5.41, 5.74) is -0.00989. The lowest BCUT2D eigenvalue weighted by atomic mass is 9.75. The Kier molecular flexibility index (Phi) is 7.01. The maximum Gasteiger partial charge on any atom is 0.276 e. The van der Waals surface area contributed by atoms with Crippen LogP contribution in [0.3, 0.4) is 0 Å². The molecule has 2 aliphatic rings. The smallest absolute Gasteiger partial charge is 0.276 e. The maximum atomic E-state index is 13.1. The average Bonchev–Trinajstić information content (AvgIpc) is 3.25. The fourth-order valence-corrected chi connectivity index (χ4v) is 4.36. The van der Waals surface area contributed by atoms with Crippen LogP contribution in [0.25, 0.3) is 0 Å². The van der Waals surface area contributed by atoms with Gasteiger partial charge in [-0.3, -0.25) is 9.59 Å². The van der Waals surface area contributed by atoms with Crippen molar-refractivity contribution in [3.8, 4) is 5.75 Å². The van der Waals surface area contributed by atoms with Crippen LogP contribution in [0.2, 0.25) is 5.02 Å². The third kappa shape index (κ3) is 5.24. The number of piperidine rings is 1. The molecule has 0 radical (unpaired) electrons. The van der Waals surface area contributed by atoms with E-state index in [0.717, 1.165) is 0 Å². The van der Waals surface area contributed by atoms with E-state index in [-0.39, 0.29) is 17.2 Å². The van der Waals surface area contributed by atoms with Crippen LogP contribution in [0, 0.1) is 12.3 Å². The van der Waals surface area contributed by atoms with Crippen molar-refractivity contribution in [3.05, 3.63) is 47.1 Å². The van der Waals surface area contributed by atoms with E-state index in [2.05, 4.69) is 4.98 Å². The van der Waals surface area contributed by atoms with E-state index in [9.17, 15) is 9.59 Å². The van der Waals surface area contributed by atoms with Crippen LogP contribution in [0.1, 0.15) is 35.5 Å². The molecule has 1 aromatic heterocycles. The summed E-state index contributed by atoms with van der Waals surface area (Å²) < 4.78 is 16.7. The first-order chi connectivity index (χ1) is 15.5. The average molecular weight is 462 g/mol. The van der Waals surface area contributed by atoms with E-state index in [1.165, 1.54) is 6.39 Å². The monoisotopic (exact) mass is 461 g/mol. The molecule has 0 N–H and O–H groups in total. The second-order valence-corrected chi connectivity index (χ2v) is 8.90. The molecule has 3 heterocycles. The standard InChI is InChI=1S/C23H28ClN3O5/c1-17-21(25-16-32-17)22(29)27-8-6-23(7-9-27,14-20(28)26-10-12-30-13-11-26)15-31-19-4-2-18(24)3-5-19/h2-5,16H,6-15H2,1H3. The number of morpholine rings is 1. The van der Waals surface area contributed by atoms with Crippen molar-refractivity contribution in [2.45, 2.75) is 26.2 Å². The molecular formula is C23H28ClN3O5. The number of ether oxygens (including phenoxy) is 2. The summed E-state index contributed by atoms with van der Waals surface area (Å²) in [6.45, 7) is 5.56. The van der Waals surface area contributed by atoms with Gasteiger partial charge >= 0.3 is 0 Å². The fourth-order valence-electron chi connectivity index (χ4n) is 4.23. The van der Waals surface area contributed by atoms with Gasteiger partial charge in [-0.25, -0.2) is 4.98 Å². The molecule has 0 saturated carbocycles. The topological polar surface area (TPSA) is 85.1 Å². The second-order valence-electron chi connectivity index (χ2n) is 8.46. The molecule has 9 heteroatoms. The largest absolute Gasteiger partial charge is 0.493 e. The summed E-state index contributed by atoms with van der Waals surface area (Å²) in [7, 11) is 0. The minimum atomic E-state index is -0.356. The van der Waals surface area contributed by atoms with E-state index in [4.69, 9.17) is 25.5 Å². The molecule has 172 valence electrons. The molecule has 32 heavy (non-hydrogen) atoms. The van der Waals surface area contributed by atoms with Crippen molar-refractivity contribution >= 4 is 23.4 Å². The van der Waals surface area contributed by atoms with Crippen molar-refractivity contribution in [2.24, 2.45) is 5.41 Å². The van der Waals surface area contributed by atoms with Crippen molar-refractivity contribution < 1.29 is 23.5 Å². The number of nitrogens with zero attached hydrogens (tertiary/aromatic N) is 3. The van der Waals surface area contributed by atoms with Gasteiger partial charge in [-0.05, 0) is 44.0 Å². The quantitative estimate of drug-likeness (QED) is 0.656. The molecule has 8 nitrogen and oxygen atoms in total. The summed E-state index contributed by atoms with van der Waals surface area (Å²) in [6, 6.07) is 7.21. The van der Waals surface area contributed by atoms with Crippen molar-refractivity contribution in [3.63, 3.8) is 0 Å². The highest BCUT2D eigenvalue weighted by atomic mass is 35.5. The number of carbonyl (C=O) groups is 2. The van der Waals surface area contributed by atoms with Gasteiger partial charge in [-0.1, -0.05) is 11.6 Å². The zero-order chi connectivity index (χ0) is 22.6. The van der Waals surface area contributed by atoms with Crippen molar-refractivity contribution in [2.75, 3.05) is 46.0 Å². The number of hydrogen-bond acceptors (Lipinski definition) is 6. The molecule has 2 aromatic rings. The number of halogens is 1. The highest BCUT2D eigenvalue weighted by molar-refractivity contribution is 6.30. The summed E-state index contributed by atoms with van der Waals surface area (Å²) >= 11 is 5.98. The van der Waals surface area contributed by atoms with E-state index < -0.39 is 0 Å². The zero-order valence-electron chi connectivity index (χ0n) is 18.2. The summed E-state index contributed by atoms with van der Waals surface area (Å²) in [4.78, 5) is 33.6. The number of rotatable bonds is 6. The minimum Gasteiger partial charge on any atom is -0.493 e. The SMILES string of the molecule is Cc1ocnc1C(=O)N1CCC(COc2ccc(Cl)cc2)(CC(=O)N2CCOCC2)CC1. The number of oxazole rings is 1. The third-order valence-corrected chi connectivity index (χ3v) is 6.56. The molecule has 2 aliphatic heterocycles. The Hall–Kier alpha value is -2.58. The van der Waals surface area contributed by atoms with Crippen molar-refractivity contribution in [1.29, 1.82) is 0 Å². The Bertz CT molecular complexity index is 931. The first-order valence-corrected chi connectivity index (χ1v) is 11.3. The molecule has 2 fully saturated rings. The first kappa shape index (κ1) is 22.6. The lowest BCUT2D eigenvalue weighted by Crippen LogP contribution is -2.49. The molecule has 2 saturated heterocycles. The van der Waals surface area contributed by atoms with E-state index in [1.807, 2.05) is 17.0 Å². The number of aryl methyl sites for hydroxylation is 1. The minimum absolute atomic E-state index is 0.111. The van der Waals surface area contributed by atoms with Gasteiger partial charge in [0.2, 0.25) is 5.91 Å². The molecule has 2 amide bonds. The Morgan fingerprint density at radius 1 is 1.09 bits per heavy atom. The van der Waals surface area contributed by atoms with Gasteiger partial charge in [0.1, 0.15) is 11.5 Å². The van der Waals surface area contributed by atoms with Gasteiger partial charge in [0.05, 0.1) is 19.8 Å². The van der Waals surface area contributed by atoms with Crippen molar-refractivity contribution in [1.82, 2.24) is 14.8 Å². The Morgan fingerprint density at radius 2 is 1.78 bits per heavy atom. The van der Waals surface area contributed by atoms with E-state index in [1.54, 1.807) is 24.0 Å². The van der Waals surface area contributed by atoms with Gasteiger partial charge < -0.3 is 23.7 Å². The third-order valence-electron chi connectivity index (χ3n) is 6.31. The number of aromatic nitrogens is 1. The number of hydrogen-bond donors (Lipinski definition) is 0. The first-order valence-electron chi connectivity index (χ1n) is 10.9. The molecule has 0 aliphatic carbocycles. The highest BCUT2D eigenvalue weighted by Gasteiger charge is 2.40. The molecule has 0 unspecified atom stereocenters. The molecule has 0 spiro atoms. The summed E-state index contributed by atoms with van der Waals surface area (Å²) in [6.07, 6.45) is 3.00. The molecule has 0 atom stereocenters. The molecule has 1 aromatic carbocycles. The normalized spacial score (nSPS) is 18.4. The van der Waals surface area contributed by atoms with Crippen LogP contribution < -0.4 is 4.74 Å². The zero-order valence-corrected chi connectivity index (χ0v) is 19.0.